The third-order valence-electron chi connectivity index (χ3n) is 4.95. The van der Waals surface area contributed by atoms with Crippen LogP contribution in [0.3, 0.4) is 0 Å². The first kappa shape index (κ1) is 17.3. The molecule has 1 aromatic heterocycles. The number of pyridine rings is 1. The average Bonchev–Trinajstić information content (AvgIpc) is 2.59. The maximum absolute atomic E-state index is 12.5. The Hall–Kier alpha value is -2.56. The van der Waals surface area contributed by atoms with Gasteiger partial charge in [0.25, 0.3) is 5.56 Å². The number of carbonyl (C=O) groups excluding carboxylic acids is 1. The molecular weight excluding hydrogens is 316 g/mol. The maximum atomic E-state index is 12.5. The predicted molar refractivity (Wildman–Crippen MR) is 96.6 cm³/mol. The summed E-state index contributed by atoms with van der Waals surface area (Å²) < 4.78 is 1.41. The SMILES string of the molecule is Cc1cc(O)cc(=O)n1CC(=O)N1CCC(Cc2ccccc2)CC1. The molecule has 132 valence electrons. The Balaban J connectivity index is 1.56. The molecule has 1 aromatic carbocycles. The van der Waals surface area contributed by atoms with Crippen molar-refractivity contribution < 1.29 is 9.90 Å². The number of rotatable bonds is 4. The number of hydrogen-bond donors (Lipinski definition) is 1. The first-order valence-electron chi connectivity index (χ1n) is 8.75. The molecule has 1 N–H and O–H groups in total. The molecule has 0 saturated carbocycles. The van der Waals surface area contributed by atoms with Gasteiger partial charge in [0.05, 0.1) is 0 Å². The highest BCUT2D eigenvalue weighted by molar-refractivity contribution is 5.76. The van der Waals surface area contributed by atoms with Gasteiger partial charge in [-0.15, -0.1) is 0 Å². The smallest absolute Gasteiger partial charge is 0.254 e. The normalized spacial score (nSPS) is 15.3. The van der Waals surface area contributed by atoms with E-state index < -0.39 is 0 Å². The van der Waals surface area contributed by atoms with Gasteiger partial charge >= 0.3 is 0 Å². The number of benzene rings is 1. The third-order valence-corrected chi connectivity index (χ3v) is 4.95. The fourth-order valence-electron chi connectivity index (χ4n) is 3.48. The zero-order chi connectivity index (χ0) is 17.8. The van der Waals surface area contributed by atoms with Crippen molar-refractivity contribution in [3.63, 3.8) is 0 Å². The van der Waals surface area contributed by atoms with Gasteiger partial charge in [0.15, 0.2) is 0 Å². The molecule has 0 radical (unpaired) electrons. The number of aromatic nitrogens is 1. The summed E-state index contributed by atoms with van der Waals surface area (Å²) in [6.45, 7) is 3.24. The van der Waals surface area contributed by atoms with Crippen LogP contribution in [-0.4, -0.2) is 33.6 Å². The molecule has 3 rings (SSSR count). The van der Waals surface area contributed by atoms with Crippen LogP contribution in [0.25, 0.3) is 0 Å². The van der Waals surface area contributed by atoms with E-state index >= 15 is 0 Å². The maximum Gasteiger partial charge on any atom is 0.254 e. The third kappa shape index (κ3) is 4.29. The van der Waals surface area contributed by atoms with Crippen molar-refractivity contribution in [2.45, 2.75) is 32.7 Å². The van der Waals surface area contributed by atoms with Crippen molar-refractivity contribution in [3.8, 4) is 5.75 Å². The number of likely N-dealkylation sites (tertiary alicyclic amines) is 1. The largest absolute Gasteiger partial charge is 0.508 e. The van der Waals surface area contributed by atoms with Gasteiger partial charge in [0, 0.05) is 24.8 Å². The van der Waals surface area contributed by atoms with E-state index in [2.05, 4.69) is 24.3 Å². The summed E-state index contributed by atoms with van der Waals surface area (Å²) in [6, 6.07) is 13.1. The van der Waals surface area contributed by atoms with Crippen LogP contribution in [0.15, 0.2) is 47.3 Å². The quantitative estimate of drug-likeness (QED) is 0.929. The summed E-state index contributed by atoms with van der Waals surface area (Å²) in [5.41, 5.74) is 1.60. The van der Waals surface area contributed by atoms with Crippen LogP contribution in [0.1, 0.15) is 24.1 Å². The fourth-order valence-corrected chi connectivity index (χ4v) is 3.48. The molecule has 2 aromatic rings. The summed E-state index contributed by atoms with van der Waals surface area (Å²) in [5.74, 6) is 0.506. The number of aryl methyl sites for hydroxylation is 1. The topological polar surface area (TPSA) is 62.5 Å². The zero-order valence-corrected chi connectivity index (χ0v) is 14.5. The summed E-state index contributed by atoms with van der Waals surface area (Å²) in [4.78, 5) is 26.3. The molecule has 1 aliphatic heterocycles. The van der Waals surface area contributed by atoms with Crippen molar-refractivity contribution in [2.75, 3.05) is 13.1 Å². The van der Waals surface area contributed by atoms with E-state index in [-0.39, 0.29) is 23.8 Å². The standard InChI is InChI=1S/C20H24N2O3/c1-15-11-18(23)13-19(24)22(15)14-20(25)21-9-7-17(8-10-21)12-16-5-3-2-4-6-16/h2-6,11,13,17,23H,7-10,12,14H2,1H3. The molecular formula is C20H24N2O3. The van der Waals surface area contributed by atoms with Gasteiger partial charge in [-0.3, -0.25) is 9.59 Å². The Morgan fingerprint density at radius 3 is 2.48 bits per heavy atom. The average molecular weight is 340 g/mol. The van der Waals surface area contributed by atoms with Gasteiger partial charge in [0.2, 0.25) is 5.91 Å². The fraction of sp³-hybridized carbons (Fsp3) is 0.400. The summed E-state index contributed by atoms with van der Waals surface area (Å²) >= 11 is 0. The molecule has 0 atom stereocenters. The van der Waals surface area contributed by atoms with Gasteiger partial charge in [0.1, 0.15) is 12.3 Å². The van der Waals surface area contributed by atoms with E-state index in [0.29, 0.717) is 11.6 Å². The van der Waals surface area contributed by atoms with Crippen molar-refractivity contribution in [3.05, 3.63) is 64.1 Å². The molecule has 1 aliphatic rings. The number of amides is 1. The van der Waals surface area contributed by atoms with Crippen LogP contribution < -0.4 is 5.56 Å². The Morgan fingerprint density at radius 1 is 1.16 bits per heavy atom. The number of piperidine rings is 1. The van der Waals surface area contributed by atoms with Gasteiger partial charge in [-0.05, 0) is 43.7 Å². The van der Waals surface area contributed by atoms with E-state index in [1.54, 1.807) is 6.92 Å². The molecule has 25 heavy (non-hydrogen) atoms. The second-order valence-electron chi connectivity index (χ2n) is 6.79. The van der Waals surface area contributed by atoms with Crippen LogP contribution in [0.4, 0.5) is 0 Å². The first-order chi connectivity index (χ1) is 12.0. The molecule has 1 amide bonds. The molecule has 1 fully saturated rings. The minimum atomic E-state index is -0.343. The Labute approximate surface area is 147 Å². The Kier molecular flexibility index (Phi) is 5.22. The highest BCUT2D eigenvalue weighted by atomic mass is 16.3. The highest BCUT2D eigenvalue weighted by Gasteiger charge is 2.23. The van der Waals surface area contributed by atoms with E-state index in [1.165, 1.54) is 16.2 Å². The van der Waals surface area contributed by atoms with Crippen molar-refractivity contribution in [2.24, 2.45) is 5.92 Å². The Bertz CT molecular complexity index is 790. The summed E-state index contributed by atoms with van der Waals surface area (Å²) in [7, 11) is 0. The second kappa shape index (κ2) is 7.55. The second-order valence-corrected chi connectivity index (χ2v) is 6.79. The van der Waals surface area contributed by atoms with Gasteiger partial charge in [-0.2, -0.15) is 0 Å². The van der Waals surface area contributed by atoms with Crippen LogP contribution >= 0.6 is 0 Å². The van der Waals surface area contributed by atoms with E-state index in [0.717, 1.165) is 38.4 Å². The molecule has 0 spiro atoms. The highest BCUT2D eigenvalue weighted by Crippen LogP contribution is 2.22. The van der Waals surface area contributed by atoms with Crippen LogP contribution in [0.5, 0.6) is 5.75 Å². The first-order valence-corrected chi connectivity index (χ1v) is 8.75. The van der Waals surface area contributed by atoms with Crippen LogP contribution in [-0.2, 0) is 17.8 Å². The summed E-state index contributed by atoms with van der Waals surface area (Å²) in [5, 5.41) is 9.44. The zero-order valence-electron chi connectivity index (χ0n) is 14.5. The molecule has 1 saturated heterocycles. The van der Waals surface area contributed by atoms with Crippen LogP contribution in [0.2, 0.25) is 0 Å². The van der Waals surface area contributed by atoms with Crippen LogP contribution in [0, 0.1) is 12.8 Å². The van der Waals surface area contributed by atoms with Gasteiger partial charge in [-0.25, -0.2) is 0 Å². The number of carbonyl (C=O) groups is 1. The molecule has 0 unspecified atom stereocenters. The molecule has 2 heterocycles. The number of aromatic hydroxyl groups is 1. The molecule has 0 bridgehead atoms. The van der Waals surface area contributed by atoms with E-state index in [4.69, 9.17) is 0 Å². The number of nitrogens with zero attached hydrogens (tertiary/aromatic N) is 2. The molecule has 0 aliphatic carbocycles. The van der Waals surface area contributed by atoms with Crippen molar-refractivity contribution in [1.29, 1.82) is 0 Å². The van der Waals surface area contributed by atoms with Crippen molar-refractivity contribution in [1.82, 2.24) is 9.47 Å². The summed E-state index contributed by atoms with van der Waals surface area (Å²) in [6.07, 6.45) is 3.04. The minimum Gasteiger partial charge on any atom is -0.508 e. The van der Waals surface area contributed by atoms with E-state index in [1.807, 2.05) is 11.0 Å². The lowest BCUT2D eigenvalue weighted by atomic mass is 9.90. The molecule has 5 heteroatoms. The monoisotopic (exact) mass is 340 g/mol. The lowest BCUT2D eigenvalue weighted by molar-refractivity contribution is -0.133. The number of hydrogen-bond acceptors (Lipinski definition) is 3. The molecule has 5 nitrogen and oxygen atoms in total. The van der Waals surface area contributed by atoms with Gasteiger partial charge in [-0.1, -0.05) is 30.3 Å². The lowest BCUT2D eigenvalue weighted by Gasteiger charge is -2.32. The lowest BCUT2D eigenvalue weighted by Crippen LogP contribution is -2.42. The Morgan fingerprint density at radius 2 is 1.84 bits per heavy atom. The van der Waals surface area contributed by atoms with Gasteiger partial charge < -0.3 is 14.6 Å². The minimum absolute atomic E-state index is 0.0333. The predicted octanol–water partition coefficient (Wildman–Crippen LogP) is 2.34. The van der Waals surface area contributed by atoms with Crippen molar-refractivity contribution >= 4 is 5.91 Å². The van der Waals surface area contributed by atoms with E-state index in [9.17, 15) is 14.7 Å².